The quantitative estimate of drug-likeness (QED) is 0.0121. The minimum Gasteiger partial charge on any atom is -0.0622 e. The van der Waals surface area contributed by atoms with Crippen LogP contribution >= 0.6 is 78.5 Å². The zero-order valence-electron chi connectivity index (χ0n) is 84.8. The first kappa shape index (κ1) is 122. The largest absolute Gasteiger partial charge is 0.0622 e. The second kappa shape index (κ2) is 64.8. The van der Waals surface area contributed by atoms with Crippen LogP contribution < -0.4 is 140 Å². The van der Waals surface area contributed by atoms with E-state index in [0.717, 1.165) is 95.2 Å². The molecule has 145 heavy (non-hydrogen) atoms. The third-order valence-corrected chi connectivity index (χ3v) is 37.5. The summed E-state index contributed by atoms with van der Waals surface area (Å²) in [7, 11) is -6.24. The van der Waals surface area contributed by atoms with E-state index in [2.05, 4.69) is 481 Å². The molecule has 0 saturated heterocycles. The number of aryl methyl sites for hydroxylation is 2. The summed E-state index contributed by atoms with van der Waals surface area (Å²) in [6.07, 6.45) is 18.3. The summed E-state index contributed by atoms with van der Waals surface area (Å²) in [6.45, 7) is 17.7. The maximum Gasteiger partial charge on any atom is 0 e. The van der Waals surface area contributed by atoms with Gasteiger partial charge >= 0.3 is 130 Å². The normalized spacial score (nSPS) is 15.0. The van der Waals surface area contributed by atoms with Crippen LogP contribution in [0.5, 0.6) is 23.0 Å². The van der Waals surface area contributed by atoms with Gasteiger partial charge in [-0.2, -0.15) is 22.7 Å². The van der Waals surface area contributed by atoms with Crippen LogP contribution in [0.15, 0.2) is 438 Å². The van der Waals surface area contributed by atoms with Gasteiger partial charge in [-0.3, -0.25) is 0 Å². The first-order valence-corrected chi connectivity index (χ1v) is 74.6. The number of phenols is 2. The predicted molar refractivity (Wildman–Crippen MR) is 616 cm³/mol. The molecule has 2 aromatic heterocycles. The smallest absolute Gasteiger partial charge is 0 e. The Morgan fingerprint density at radius 1 is 0.414 bits per heavy atom. The van der Waals surface area contributed by atoms with Gasteiger partial charge in [0, 0.05) is 60.8 Å². The Morgan fingerprint density at radius 2 is 0.662 bits per heavy atom. The molecule has 0 fully saturated rings. The van der Waals surface area contributed by atoms with E-state index in [0.29, 0.717) is 28.8 Å². The number of allylic oxidation sites excluding steroid dienone is 4. The van der Waals surface area contributed by atoms with Gasteiger partial charge in [-0.15, -0.1) is 0 Å². The number of hydrogen-bond donors (Lipinski definition) is 4. The van der Waals surface area contributed by atoms with Crippen molar-refractivity contribution in [1.29, 1.82) is 0 Å². The van der Waals surface area contributed by atoms with Gasteiger partial charge in [-0.25, -0.2) is 4.67 Å². The van der Waals surface area contributed by atoms with E-state index >= 15 is 0 Å². The van der Waals surface area contributed by atoms with Crippen LogP contribution in [-0.4, -0.2) is 102 Å². The molecule has 23 heteroatoms. The molecule has 0 bridgehead atoms. The first-order valence-electron chi connectivity index (χ1n) is 49.5. The van der Waals surface area contributed by atoms with Gasteiger partial charge < -0.3 is 39.9 Å². The molecule has 5 atom stereocenters. The summed E-state index contributed by atoms with van der Waals surface area (Å²) in [5.74, 6) is 3.88. The van der Waals surface area contributed by atoms with E-state index in [1.54, 1.807) is 28.2 Å². The van der Waals surface area contributed by atoms with Crippen LogP contribution in [0.3, 0.4) is 0 Å². The van der Waals surface area contributed by atoms with Crippen LogP contribution in [-0.2, 0) is 42.5 Å². The fraction of sp³-hybridized carbons (Fsp3) is 0.213. The number of fused-ring (bicyclic) bond motifs is 6. The average molecular weight is 2290 g/mol. The molecule has 14 aromatic carbocycles. The fourth-order valence-electron chi connectivity index (χ4n) is 18.6. The standard InChI is InChI=1S/C25H32O2S.C21H29BrO2.4C18H15P.C4H5BO2S.3K.HO4P.Pd/c1-5-6-7-8-17-14-21-23(24(26)22(17)18-11-12-28-15-18)19-13-16(2)9-10-20(19)25(3,4)27-21;1-5-6-7-8-14-12-17-18(20(23)19(14)22)15-11-13(2)9-10-16(15)21(3,4)24-17;4*1-4-10-16(11-5-1)19(17-12-6-2-7-13-17)18-14-8-3-9-15-18;6-5(7)4-1-2-8-3-4;;;;1-4-5(2)3;/h11-15,19-20,26H,5-10H2,1-4H3;11-12,15-16,23H,5-10H2,1-4H3;4*1-15H;1-3,6-7H;;;;1H;/q;;;;;;;;;+1;;/p-1/t19-,20-;15-,16-;;;;;;;;;;/m11........../s1. The monoisotopic (exact) mass is 2280 g/mol. The third kappa shape index (κ3) is 36.0. The molecule has 10 nitrogen and oxygen atoms in total. The van der Waals surface area contributed by atoms with Crippen molar-refractivity contribution >= 4 is 218 Å². The number of benzene rings is 14. The zero-order chi connectivity index (χ0) is 101. The molecule has 20 rings (SSSR count). The van der Waals surface area contributed by atoms with Gasteiger partial charge in [0.25, 0.3) is 0 Å². The van der Waals surface area contributed by atoms with Crippen molar-refractivity contribution in [2.24, 2.45) is 11.8 Å². The summed E-state index contributed by atoms with van der Waals surface area (Å²) >= 11 is 9.28. The Labute approximate surface area is 985 Å². The maximum atomic E-state index is 11.5. The molecule has 0 saturated carbocycles. The molecule has 734 valence electrons. The minimum absolute atomic E-state index is 0. The molecular weight excluding hydrogens is 2160 g/mol. The van der Waals surface area contributed by atoms with Crippen LogP contribution in [0.1, 0.15) is 154 Å². The summed E-state index contributed by atoms with van der Waals surface area (Å²) in [4.78, 5) is 8.87. The Kier molecular flexibility index (Phi) is 54.4. The third-order valence-electron chi connectivity index (χ3n) is 25.4. The number of ether oxygens (including phenoxy) is 2. The van der Waals surface area contributed by atoms with Crippen molar-refractivity contribution < 1.29 is 121 Å². The topological polar surface area (TPSA) is 172 Å². The fourth-order valence-corrected chi connectivity index (χ4v) is 29.6. The van der Waals surface area contributed by atoms with Gasteiger partial charge in [-0.05, 0) is 271 Å². The summed E-state index contributed by atoms with van der Waals surface area (Å²) in [5.41, 5.74) is 9.50. The summed E-state index contributed by atoms with van der Waals surface area (Å²) in [5, 5.41) is 72.5. The van der Waals surface area contributed by atoms with Crippen molar-refractivity contribution in [3.63, 3.8) is 0 Å². The predicted octanol–water partition coefficient (Wildman–Crippen LogP) is 21.7. The van der Waals surface area contributed by atoms with Crippen molar-refractivity contribution in [2.45, 2.75) is 155 Å². The van der Waals surface area contributed by atoms with E-state index in [1.807, 2.05) is 0 Å². The van der Waals surface area contributed by atoms with E-state index in [1.165, 1.54) is 181 Å². The van der Waals surface area contributed by atoms with Crippen LogP contribution in [0.25, 0.3) is 11.1 Å². The number of aromatic hydroxyl groups is 2. The van der Waals surface area contributed by atoms with Crippen molar-refractivity contribution in [1.82, 2.24) is 0 Å². The molecule has 0 radical (unpaired) electrons. The maximum absolute atomic E-state index is 11.5. The SMILES string of the molecule is CCCCCc1cc2c(c(O)c1-c1ccsc1)[C@@H]1C=C(C)CC[C@H]1C(C)(C)O2.CCCCCc1cc2c(c(O)c1Br)[C@@H]1C=C(C)CC[C@H]1C(C)(C)O2.O=[P+]([O-])O[O-].OB(O)c1ccsc1.[K+].[K][K].[Pd].c1ccc(P(c2ccccc2)c2ccccc2)cc1.c1ccc(P(c2ccccc2)c2ccccc2)cc1.c1ccc(P(c2ccccc2)c2ccccc2)cc1.c1ccc(P(c2ccccc2)c2ccccc2)cc1. The van der Waals surface area contributed by atoms with Crippen molar-refractivity contribution in [3.05, 3.63) is 460 Å². The van der Waals surface area contributed by atoms with Gasteiger partial charge in [0.05, 0.1) is 4.47 Å². The molecule has 4 N–H and O–H groups in total. The second-order valence-electron chi connectivity index (χ2n) is 36.1. The van der Waals surface area contributed by atoms with Crippen LogP contribution in [0.2, 0.25) is 0 Å². The van der Waals surface area contributed by atoms with E-state index in [9.17, 15) is 10.2 Å². The number of hydrogen-bond acceptors (Lipinski definition) is 12. The number of unbranched alkanes of at least 4 members (excludes halogenated alkanes) is 4. The Balaban J connectivity index is 0.000000174. The zero-order valence-corrected chi connectivity index (χ0v) is 103. The molecular formula is C122H126BBrK3O10P5PdS2. The molecule has 2 aliphatic heterocycles. The first-order chi connectivity index (χ1) is 69.6. The molecule has 0 spiro atoms. The molecule has 2 aliphatic carbocycles. The summed E-state index contributed by atoms with van der Waals surface area (Å²) < 4.78 is 25.1. The van der Waals surface area contributed by atoms with E-state index in [-0.39, 0.29) is 94.8 Å². The van der Waals surface area contributed by atoms with Crippen molar-refractivity contribution in [3.8, 4) is 34.1 Å². The van der Waals surface area contributed by atoms with Crippen molar-refractivity contribution in [2.75, 3.05) is 0 Å². The van der Waals surface area contributed by atoms with Gasteiger partial charge in [-0.1, -0.05) is 433 Å². The number of phenolic OH excluding ortho intramolecular Hbond substituents is 2. The van der Waals surface area contributed by atoms with Gasteiger partial charge in [0.15, 0.2) is 0 Å². The molecule has 16 aromatic rings. The van der Waals surface area contributed by atoms with E-state index in [4.69, 9.17) is 34.2 Å². The minimum atomic E-state index is -3.15. The van der Waals surface area contributed by atoms with Crippen LogP contribution in [0.4, 0.5) is 0 Å². The Bertz CT molecular complexity index is 5640. The second-order valence-corrected chi connectivity index (χ2v) is 47.9. The van der Waals surface area contributed by atoms with Gasteiger partial charge in [0.2, 0.25) is 0 Å². The number of rotatable bonds is 23. The van der Waals surface area contributed by atoms with Crippen LogP contribution in [0, 0.1) is 11.8 Å². The Hall–Kier alpha value is -5.10. The molecule has 1 unspecified atom stereocenters. The molecule has 0 amide bonds. The Morgan fingerprint density at radius 3 is 0.890 bits per heavy atom. The average Bonchev–Trinajstić information content (AvgIpc) is 1.16. The molecule has 4 aliphatic rings. The number of thiophene rings is 2. The van der Waals surface area contributed by atoms with E-state index < -0.39 is 47.1 Å². The summed E-state index contributed by atoms with van der Waals surface area (Å²) in [6, 6.07) is 137. The molecule has 4 heterocycles. The van der Waals surface area contributed by atoms with Gasteiger partial charge in [0.1, 0.15) is 34.2 Å². The number of halogens is 1.